The van der Waals surface area contributed by atoms with Gasteiger partial charge in [-0.05, 0) is 66.1 Å². The fourth-order valence-corrected chi connectivity index (χ4v) is 4.55. The molecule has 35 heavy (non-hydrogen) atoms. The van der Waals surface area contributed by atoms with Gasteiger partial charge in [-0.3, -0.25) is 24.6 Å². The van der Waals surface area contributed by atoms with Crippen molar-refractivity contribution in [3.8, 4) is 0 Å². The molecule has 0 spiro atoms. The van der Waals surface area contributed by atoms with Gasteiger partial charge >= 0.3 is 0 Å². The lowest BCUT2D eigenvalue weighted by Crippen LogP contribution is -2.36. The molecule has 0 aliphatic carbocycles. The first kappa shape index (κ1) is 20.9. The molecule has 0 atom stereocenters. The molecule has 3 N–H and O–H groups in total. The predicted octanol–water partition coefficient (Wildman–Crippen LogP) is 3.76. The molecule has 9 heteroatoms. The van der Waals surface area contributed by atoms with Gasteiger partial charge in [-0.15, -0.1) is 0 Å². The van der Waals surface area contributed by atoms with E-state index < -0.39 is 0 Å². The van der Waals surface area contributed by atoms with E-state index in [1.165, 1.54) is 0 Å². The second-order valence-corrected chi connectivity index (χ2v) is 8.67. The Balaban J connectivity index is 1.21. The second kappa shape index (κ2) is 7.98. The summed E-state index contributed by atoms with van der Waals surface area (Å²) in [6.45, 7) is 2.79. The summed E-state index contributed by atoms with van der Waals surface area (Å²) in [4.78, 5) is 43.9. The van der Waals surface area contributed by atoms with Gasteiger partial charge in [0.05, 0.1) is 10.9 Å². The van der Waals surface area contributed by atoms with Crippen molar-refractivity contribution in [3.05, 3.63) is 93.1 Å². The van der Waals surface area contributed by atoms with Crippen LogP contribution in [-0.2, 0) is 13.0 Å². The lowest BCUT2D eigenvalue weighted by molar-refractivity contribution is 0.0735. The number of benzene rings is 3. The Morgan fingerprint density at radius 3 is 2.74 bits per heavy atom. The topological polar surface area (TPSA) is 124 Å². The third-order valence-corrected chi connectivity index (χ3v) is 6.34. The van der Waals surface area contributed by atoms with E-state index in [2.05, 4.69) is 20.5 Å². The van der Waals surface area contributed by atoms with Gasteiger partial charge in [-0.1, -0.05) is 6.07 Å². The molecule has 5 aromatic rings. The monoisotopic (exact) mass is 467 g/mol. The fourth-order valence-electron chi connectivity index (χ4n) is 4.55. The van der Waals surface area contributed by atoms with Crippen LogP contribution in [0.5, 0.6) is 0 Å². The quantitative estimate of drug-likeness (QED) is 0.373. The number of H-pyrrole nitrogens is 2. The molecule has 2 amide bonds. The Kier molecular flexibility index (Phi) is 4.77. The summed E-state index contributed by atoms with van der Waals surface area (Å²) in [5.74, 6) is 0.214. The maximum absolute atomic E-state index is 13.2. The standard InChI is InChI=1S/C26H21N5O4/c1-14-27-22-11-17(4-7-23(22)35-14)26(34)31-9-8-15-2-3-16(10-18(15)13-31)24(32)28-19-5-6-20-21(12-19)29-30-25(20)33/h2-7,10-12H,8-9,13H2,1H3,(H,28,32)(H2,29,30,33). The van der Waals surface area contributed by atoms with E-state index in [0.717, 1.165) is 11.1 Å². The van der Waals surface area contributed by atoms with Crippen LogP contribution in [-0.4, -0.2) is 38.4 Å². The predicted molar refractivity (Wildman–Crippen MR) is 131 cm³/mol. The molecule has 9 nitrogen and oxygen atoms in total. The Bertz CT molecular complexity index is 1690. The Hall–Kier alpha value is -4.66. The third kappa shape index (κ3) is 3.76. The maximum Gasteiger partial charge on any atom is 0.271 e. The number of oxazole rings is 1. The molecule has 2 aromatic heterocycles. The average molecular weight is 467 g/mol. The van der Waals surface area contributed by atoms with E-state index in [-0.39, 0.29) is 17.4 Å². The molecule has 6 rings (SSSR count). The molecule has 0 saturated heterocycles. The molecule has 1 aliphatic rings. The first-order valence-electron chi connectivity index (χ1n) is 11.2. The molecular formula is C26H21N5O4. The van der Waals surface area contributed by atoms with Crippen LogP contribution in [0.2, 0.25) is 0 Å². The molecule has 3 heterocycles. The number of nitrogens with one attached hydrogen (secondary N) is 3. The highest BCUT2D eigenvalue weighted by atomic mass is 16.3. The number of aryl methyl sites for hydroxylation is 1. The van der Waals surface area contributed by atoms with Crippen molar-refractivity contribution in [1.82, 2.24) is 20.1 Å². The number of aromatic amines is 2. The van der Waals surface area contributed by atoms with Gasteiger partial charge in [0.15, 0.2) is 11.5 Å². The lowest BCUT2D eigenvalue weighted by Gasteiger charge is -2.29. The Morgan fingerprint density at radius 2 is 1.86 bits per heavy atom. The SMILES string of the molecule is Cc1nc2cc(C(=O)N3CCc4ccc(C(=O)Nc5ccc6c(=O)[nH][nH]c6c5)cc4C3)ccc2o1. The smallest absolute Gasteiger partial charge is 0.271 e. The summed E-state index contributed by atoms with van der Waals surface area (Å²) in [5.41, 5.74) is 5.43. The molecule has 0 bridgehead atoms. The van der Waals surface area contributed by atoms with Crippen LogP contribution in [0.3, 0.4) is 0 Å². The highest BCUT2D eigenvalue weighted by molar-refractivity contribution is 6.05. The number of rotatable bonds is 3. The van der Waals surface area contributed by atoms with Crippen molar-refractivity contribution in [2.45, 2.75) is 19.9 Å². The number of amides is 2. The van der Waals surface area contributed by atoms with Crippen LogP contribution in [0.4, 0.5) is 5.69 Å². The molecule has 3 aromatic carbocycles. The summed E-state index contributed by atoms with van der Waals surface area (Å²) in [6, 6.07) is 15.9. The van der Waals surface area contributed by atoms with Crippen molar-refractivity contribution < 1.29 is 14.0 Å². The molecular weight excluding hydrogens is 446 g/mol. The first-order chi connectivity index (χ1) is 16.9. The first-order valence-corrected chi connectivity index (χ1v) is 11.2. The second-order valence-electron chi connectivity index (χ2n) is 8.67. The van der Waals surface area contributed by atoms with Crippen LogP contribution in [0.1, 0.15) is 37.7 Å². The summed E-state index contributed by atoms with van der Waals surface area (Å²) in [7, 11) is 0. The summed E-state index contributed by atoms with van der Waals surface area (Å²) in [5, 5.41) is 8.71. The van der Waals surface area contributed by atoms with Gasteiger partial charge in [0.1, 0.15) is 5.52 Å². The molecule has 0 saturated carbocycles. The zero-order chi connectivity index (χ0) is 24.1. The molecule has 0 unspecified atom stereocenters. The summed E-state index contributed by atoms with van der Waals surface area (Å²) in [6.07, 6.45) is 0.714. The Labute approximate surface area is 198 Å². The zero-order valence-corrected chi connectivity index (χ0v) is 18.8. The number of carbonyl (C=O) groups is 2. The highest BCUT2D eigenvalue weighted by Gasteiger charge is 2.23. The number of hydrogen-bond acceptors (Lipinski definition) is 5. The molecule has 0 fully saturated rings. The molecule has 174 valence electrons. The normalized spacial score (nSPS) is 13.2. The zero-order valence-electron chi connectivity index (χ0n) is 18.8. The van der Waals surface area contributed by atoms with Gasteiger partial charge in [-0.25, -0.2) is 4.98 Å². The van der Waals surface area contributed by atoms with Crippen LogP contribution in [0.25, 0.3) is 22.0 Å². The van der Waals surface area contributed by atoms with E-state index in [4.69, 9.17) is 4.42 Å². The van der Waals surface area contributed by atoms with Gasteiger partial charge < -0.3 is 14.6 Å². The van der Waals surface area contributed by atoms with Crippen molar-refractivity contribution in [2.75, 3.05) is 11.9 Å². The van der Waals surface area contributed by atoms with Crippen molar-refractivity contribution >= 4 is 39.5 Å². The number of hydrogen-bond donors (Lipinski definition) is 3. The number of carbonyl (C=O) groups excluding carboxylic acids is 2. The van der Waals surface area contributed by atoms with Crippen LogP contribution < -0.4 is 10.9 Å². The van der Waals surface area contributed by atoms with Crippen molar-refractivity contribution in [2.24, 2.45) is 0 Å². The largest absolute Gasteiger partial charge is 0.441 e. The number of nitrogens with zero attached hydrogens (tertiary/aromatic N) is 2. The summed E-state index contributed by atoms with van der Waals surface area (Å²) < 4.78 is 5.50. The van der Waals surface area contributed by atoms with Gasteiger partial charge in [-0.2, -0.15) is 0 Å². The number of fused-ring (bicyclic) bond motifs is 3. The molecule has 0 radical (unpaired) electrons. The number of aromatic nitrogens is 3. The van der Waals surface area contributed by atoms with Crippen LogP contribution in [0.15, 0.2) is 63.8 Å². The van der Waals surface area contributed by atoms with E-state index >= 15 is 0 Å². The van der Waals surface area contributed by atoms with Crippen molar-refractivity contribution in [1.29, 1.82) is 0 Å². The van der Waals surface area contributed by atoms with E-state index in [1.54, 1.807) is 54.3 Å². The lowest BCUT2D eigenvalue weighted by atomic mass is 9.96. The minimum atomic E-state index is -0.264. The van der Waals surface area contributed by atoms with Gasteiger partial charge in [0.2, 0.25) is 0 Å². The summed E-state index contributed by atoms with van der Waals surface area (Å²) >= 11 is 0. The number of anilines is 1. The van der Waals surface area contributed by atoms with E-state index in [9.17, 15) is 14.4 Å². The van der Waals surface area contributed by atoms with Crippen LogP contribution in [0, 0.1) is 6.92 Å². The minimum absolute atomic E-state index is 0.0816. The van der Waals surface area contributed by atoms with E-state index in [0.29, 0.717) is 64.2 Å². The molecule has 1 aliphatic heterocycles. The van der Waals surface area contributed by atoms with Crippen LogP contribution >= 0.6 is 0 Å². The minimum Gasteiger partial charge on any atom is -0.441 e. The van der Waals surface area contributed by atoms with Crippen molar-refractivity contribution in [3.63, 3.8) is 0 Å². The maximum atomic E-state index is 13.2. The third-order valence-electron chi connectivity index (χ3n) is 6.34. The Morgan fingerprint density at radius 1 is 1.00 bits per heavy atom. The van der Waals surface area contributed by atoms with E-state index in [1.807, 2.05) is 12.1 Å². The van der Waals surface area contributed by atoms with Gasteiger partial charge in [0.25, 0.3) is 17.4 Å². The highest BCUT2D eigenvalue weighted by Crippen LogP contribution is 2.24. The average Bonchev–Trinajstić information content (AvgIpc) is 3.43. The van der Waals surface area contributed by atoms with Gasteiger partial charge in [0, 0.05) is 36.8 Å². The fraction of sp³-hybridized carbons (Fsp3) is 0.154.